The van der Waals surface area contributed by atoms with Crippen molar-refractivity contribution in [3.63, 3.8) is 0 Å². The molecule has 0 aliphatic heterocycles. The standard InChI is InChI=1S/C19H14/c1-3-13-11-16-10-12(2)9-15-8-7-14-5-4-6-17(13)19(14)18(15)16/h3-11H,1H2,2H3. The zero-order valence-electron chi connectivity index (χ0n) is 10.9. The van der Waals surface area contributed by atoms with Crippen LogP contribution in [0.3, 0.4) is 0 Å². The zero-order chi connectivity index (χ0) is 13.0. The summed E-state index contributed by atoms with van der Waals surface area (Å²) in [5, 5.41) is 8.00. The lowest BCUT2D eigenvalue weighted by molar-refractivity contribution is 1.52. The molecule has 0 aromatic heterocycles. The third kappa shape index (κ3) is 1.34. The van der Waals surface area contributed by atoms with Gasteiger partial charge < -0.3 is 0 Å². The van der Waals surface area contributed by atoms with E-state index in [2.05, 4.69) is 62.0 Å². The average Bonchev–Trinajstić information content (AvgIpc) is 2.43. The van der Waals surface area contributed by atoms with Gasteiger partial charge in [0.15, 0.2) is 0 Å². The molecule has 0 saturated heterocycles. The lowest BCUT2D eigenvalue weighted by Crippen LogP contribution is -1.87. The van der Waals surface area contributed by atoms with Gasteiger partial charge in [0.2, 0.25) is 0 Å². The Morgan fingerprint density at radius 3 is 2.47 bits per heavy atom. The maximum absolute atomic E-state index is 3.96. The summed E-state index contributed by atoms with van der Waals surface area (Å²) in [7, 11) is 0. The Kier molecular flexibility index (Phi) is 1.99. The summed E-state index contributed by atoms with van der Waals surface area (Å²) in [6.45, 7) is 6.12. The molecule has 4 aromatic carbocycles. The molecule has 4 rings (SSSR count). The molecular weight excluding hydrogens is 228 g/mol. The van der Waals surface area contributed by atoms with E-state index in [1.54, 1.807) is 0 Å². The van der Waals surface area contributed by atoms with Gasteiger partial charge in [0, 0.05) is 0 Å². The van der Waals surface area contributed by atoms with Crippen LogP contribution in [0.2, 0.25) is 0 Å². The molecule has 0 amide bonds. The minimum Gasteiger partial charge on any atom is -0.0984 e. The second-order valence-electron chi connectivity index (χ2n) is 5.23. The average molecular weight is 242 g/mol. The van der Waals surface area contributed by atoms with Gasteiger partial charge in [-0.25, -0.2) is 0 Å². The van der Waals surface area contributed by atoms with E-state index < -0.39 is 0 Å². The van der Waals surface area contributed by atoms with E-state index in [9.17, 15) is 0 Å². The molecule has 0 unspecified atom stereocenters. The van der Waals surface area contributed by atoms with Gasteiger partial charge in [0.25, 0.3) is 0 Å². The molecule has 4 aromatic rings. The van der Waals surface area contributed by atoms with Crippen molar-refractivity contribution in [2.75, 3.05) is 0 Å². The summed E-state index contributed by atoms with van der Waals surface area (Å²) in [4.78, 5) is 0. The zero-order valence-corrected chi connectivity index (χ0v) is 10.9. The Hall–Kier alpha value is -2.34. The molecule has 0 aliphatic carbocycles. The Morgan fingerprint density at radius 1 is 0.842 bits per heavy atom. The van der Waals surface area contributed by atoms with Crippen molar-refractivity contribution in [3.05, 3.63) is 66.2 Å². The van der Waals surface area contributed by atoms with Gasteiger partial charge in [0.1, 0.15) is 0 Å². The fraction of sp³-hybridized carbons (Fsp3) is 0.0526. The van der Waals surface area contributed by atoms with E-state index in [0.717, 1.165) is 0 Å². The molecule has 0 heteroatoms. The molecule has 0 spiro atoms. The molecule has 0 atom stereocenters. The van der Waals surface area contributed by atoms with Crippen LogP contribution >= 0.6 is 0 Å². The molecule has 0 bridgehead atoms. The number of hydrogen-bond acceptors (Lipinski definition) is 0. The van der Waals surface area contributed by atoms with Crippen molar-refractivity contribution in [2.45, 2.75) is 6.92 Å². The third-order valence-electron chi connectivity index (χ3n) is 3.97. The Labute approximate surface area is 112 Å². The molecular formula is C19H14. The summed E-state index contributed by atoms with van der Waals surface area (Å²) >= 11 is 0. The van der Waals surface area contributed by atoms with E-state index in [1.165, 1.54) is 43.4 Å². The predicted molar refractivity (Wildman–Crippen MR) is 85.0 cm³/mol. The molecule has 0 nitrogen and oxygen atoms in total. The summed E-state index contributed by atoms with van der Waals surface area (Å²) in [5.41, 5.74) is 2.53. The van der Waals surface area contributed by atoms with Crippen LogP contribution in [-0.4, -0.2) is 0 Å². The van der Waals surface area contributed by atoms with E-state index in [1.807, 2.05) is 6.08 Å². The van der Waals surface area contributed by atoms with Crippen LogP contribution in [-0.2, 0) is 0 Å². The number of aryl methyl sites for hydroxylation is 1. The normalized spacial score (nSPS) is 11.6. The van der Waals surface area contributed by atoms with Crippen LogP contribution < -0.4 is 0 Å². The molecule has 0 aliphatic rings. The van der Waals surface area contributed by atoms with Crippen molar-refractivity contribution < 1.29 is 0 Å². The molecule has 0 fully saturated rings. The summed E-state index contributed by atoms with van der Waals surface area (Å²) in [6, 6.07) is 17.7. The lowest BCUT2D eigenvalue weighted by atomic mass is 9.90. The molecule has 0 N–H and O–H groups in total. The monoisotopic (exact) mass is 242 g/mol. The highest BCUT2D eigenvalue weighted by Crippen LogP contribution is 2.37. The predicted octanol–water partition coefficient (Wildman–Crippen LogP) is 5.54. The van der Waals surface area contributed by atoms with Crippen LogP contribution in [0.15, 0.2) is 55.1 Å². The summed E-state index contributed by atoms with van der Waals surface area (Å²) < 4.78 is 0. The van der Waals surface area contributed by atoms with Crippen LogP contribution in [0.4, 0.5) is 0 Å². The van der Waals surface area contributed by atoms with Crippen LogP contribution in [0.1, 0.15) is 11.1 Å². The molecule has 19 heavy (non-hydrogen) atoms. The van der Waals surface area contributed by atoms with Crippen molar-refractivity contribution >= 4 is 38.4 Å². The van der Waals surface area contributed by atoms with Gasteiger partial charge in [-0.2, -0.15) is 0 Å². The fourth-order valence-electron chi connectivity index (χ4n) is 3.20. The van der Waals surface area contributed by atoms with Gasteiger partial charge in [-0.3, -0.25) is 0 Å². The van der Waals surface area contributed by atoms with Crippen molar-refractivity contribution in [1.29, 1.82) is 0 Å². The molecule has 90 valence electrons. The maximum atomic E-state index is 3.96. The molecule has 0 radical (unpaired) electrons. The first-order valence-corrected chi connectivity index (χ1v) is 6.58. The number of benzene rings is 4. The second kappa shape index (κ2) is 3.58. The van der Waals surface area contributed by atoms with Crippen LogP contribution in [0.25, 0.3) is 38.4 Å². The summed E-state index contributed by atoms with van der Waals surface area (Å²) in [6.07, 6.45) is 1.96. The highest BCUT2D eigenvalue weighted by Gasteiger charge is 2.10. The summed E-state index contributed by atoms with van der Waals surface area (Å²) in [5.74, 6) is 0. The number of hydrogen-bond donors (Lipinski definition) is 0. The maximum Gasteiger partial charge on any atom is -0.00208 e. The second-order valence-corrected chi connectivity index (χ2v) is 5.23. The van der Waals surface area contributed by atoms with Crippen LogP contribution in [0.5, 0.6) is 0 Å². The van der Waals surface area contributed by atoms with Crippen molar-refractivity contribution in [2.24, 2.45) is 0 Å². The number of rotatable bonds is 1. The molecule has 0 heterocycles. The highest BCUT2D eigenvalue weighted by molar-refractivity contribution is 6.24. The topological polar surface area (TPSA) is 0 Å². The van der Waals surface area contributed by atoms with Gasteiger partial charge >= 0.3 is 0 Å². The van der Waals surface area contributed by atoms with Gasteiger partial charge in [-0.1, -0.05) is 55.1 Å². The van der Waals surface area contributed by atoms with E-state index in [-0.39, 0.29) is 0 Å². The largest absolute Gasteiger partial charge is 0.0984 e. The Morgan fingerprint density at radius 2 is 1.63 bits per heavy atom. The van der Waals surface area contributed by atoms with E-state index in [0.29, 0.717) is 0 Å². The fourth-order valence-corrected chi connectivity index (χ4v) is 3.20. The van der Waals surface area contributed by atoms with Crippen molar-refractivity contribution in [3.8, 4) is 0 Å². The SMILES string of the molecule is C=Cc1cc2cc(C)cc3ccc4cccc1c4c32. The van der Waals surface area contributed by atoms with Gasteiger partial charge in [0.05, 0.1) is 0 Å². The lowest BCUT2D eigenvalue weighted by Gasteiger charge is -2.13. The van der Waals surface area contributed by atoms with Crippen LogP contribution in [0, 0.1) is 6.92 Å². The third-order valence-corrected chi connectivity index (χ3v) is 3.97. The Bertz CT molecular complexity index is 929. The highest BCUT2D eigenvalue weighted by atomic mass is 14.1. The minimum absolute atomic E-state index is 1.22. The molecule has 0 saturated carbocycles. The first-order chi connectivity index (χ1) is 9.28. The van der Waals surface area contributed by atoms with Gasteiger partial charge in [-0.15, -0.1) is 0 Å². The smallest absolute Gasteiger partial charge is 0.00208 e. The van der Waals surface area contributed by atoms with Gasteiger partial charge in [-0.05, 0) is 56.4 Å². The van der Waals surface area contributed by atoms with E-state index >= 15 is 0 Å². The Balaban J connectivity index is 2.44. The first-order valence-electron chi connectivity index (χ1n) is 6.58. The minimum atomic E-state index is 1.22. The van der Waals surface area contributed by atoms with Crippen molar-refractivity contribution in [1.82, 2.24) is 0 Å². The first kappa shape index (κ1) is 10.6. The quantitative estimate of drug-likeness (QED) is 0.385. The van der Waals surface area contributed by atoms with E-state index in [4.69, 9.17) is 0 Å².